The average molecular weight is 223 g/mol. The summed E-state index contributed by atoms with van der Waals surface area (Å²) in [5, 5.41) is 27.5. The molecule has 82 valence electrons. The zero-order chi connectivity index (χ0) is 12.1. The smallest absolute Gasteiger partial charge is 0.101 e. The lowest BCUT2D eigenvalue weighted by Gasteiger charge is -2.05. The van der Waals surface area contributed by atoms with Crippen LogP contribution in [0.2, 0.25) is 0 Å². The molecule has 0 amide bonds. The maximum absolute atomic E-state index is 8.88. The van der Waals surface area contributed by atoms with Crippen molar-refractivity contribution in [3.8, 4) is 12.1 Å². The highest BCUT2D eigenvalue weighted by Crippen LogP contribution is 2.15. The van der Waals surface area contributed by atoms with Crippen molar-refractivity contribution < 1.29 is 0 Å². The molecule has 0 aliphatic rings. The fraction of sp³-hybridized carbons (Fsp3) is 0.0833. The van der Waals surface area contributed by atoms with E-state index in [-0.39, 0.29) is 0 Å². The molecule has 0 aliphatic heterocycles. The number of anilines is 1. The minimum atomic E-state index is 0.377. The fourth-order valence-corrected chi connectivity index (χ4v) is 1.42. The van der Waals surface area contributed by atoms with Crippen LogP contribution in [0.5, 0.6) is 0 Å². The van der Waals surface area contributed by atoms with E-state index in [1.165, 1.54) is 0 Å². The summed E-state index contributed by atoms with van der Waals surface area (Å²) in [5.74, 6) is 0. The Balaban J connectivity index is 2.13. The van der Waals surface area contributed by atoms with Crippen LogP contribution in [0.1, 0.15) is 16.8 Å². The van der Waals surface area contributed by atoms with Gasteiger partial charge in [-0.2, -0.15) is 15.6 Å². The van der Waals surface area contributed by atoms with Gasteiger partial charge in [-0.25, -0.2) is 0 Å². The standard InChI is InChI=1S/C12H9N5/c13-6-9-1-2-11(5-10(9)7-14)15-8-12-3-4-16-17-12/h1-5,15H,8H2,(H,16,17). The monoisotopic (exact) mass is 223 g/mol. The van der Waals surface area contributed by atoms with Crippen molar-refractivity contribution in [3.63, 3.8) is 0 Å². The van der Waals surface area contributed by atoms with Crippen molar-refractivity contribution in [2.24, 2.45) is 0 Å². The van der Waals surface area contributed by atoms with E-state index in [2.05, 4.69) is 15.5 Å². The topological polar surface area (TPSA) is 88.3 Å². The van der Waals surface area contributed by atoms with Crippen LogP contribution in [0, 0.1) is 22.7 Å². The number of benzene rings is 1. The lowest BCUT2D eigenvalue weighted by Crippen LogP contribution is -2.00. The molecule has 1 aromatic carbocycles. The lowest BCUT2D eigenvalue weighted by molar-refractivity contribution is 0.981. The van der Waals surface area contributed by atoms with Crippen LogP contribution in [-0.2, 0) is 6.54 Å². The number of nitrogens with one attached hydrogen (secondary N) is 2. The third-order valence-electron chi connectivity index (χ3n) is 2.30. The van der Waals surface area contributed by atoms with Gasteiger partial charge in [-0.05, 0) is 24.3 Å². The highest BCUT2D eigenvalue weighted by molar-refractivity contribution is 5.56. The van der Waals surface area contributed by atoms with Gasteiger partial charge in [0.15, 0.2) is 0 Å². The largest absolute Gasteiger partial charge is 0.379 e. The predicted molar refractivity (Wildman–Crippen MR) is 61.8 cm³/mol. The molecule has 2 aromatic rings. The van der Waals surface area contributed by atoms with Crippen LogP contribution in [0.25, 0.3) is 0 Å². The summed E-state index contributed by atoms with van der Waals surface area (Å²) in [6.45, 7) is 0.594. The SMILES string of the molecule is N#Cc1ccc(NCc2ccn[nH]2)cc1C#N. The molecule has 0 aliphatic carbocycles. The fourth-order valence-electron chi connectivity index (χ4n) is 1.42. The summed E-state index contributed by atoms with van der Waals surface area (Å²) in [4.78, 5) is 0. The van der Waals surface area contributed by atoms with E-state index in [0.717, 1.165) is 11.4 Å². The van der Waals surface area contributed by atoms with Gasteiger partial charge in [-0.15, -0.1) is 0 Å². The Labute approximate surface area is 98.3 Å². The van der Waals surface area contributed by atoms with Gasteiger partial charge in [0.1, 0.15) is 12.1 Å². The molecule has 0 unspecified atom stereocenters. The van der Waals surface area contributed by atoms with Gasteiger partial charge in [0, 0.05) is 11.9 Å². The molecule has 2 N–H and O–H groups in total. The second kappa shape index (κ2) is 4.82. The van der Waals surface area contributed by atoms with Gasteiger partial charge in [0.2, 0.25) is 0 Å². The number of aromatic nitrogens is 2. The molecule has 0 fully saturated rings. The number of hydrogen-bond donors (Lipinski definition) is 2. The first-order valence-corrected chi connectivity index (χ1v) is 5.00. The molecule has 5 heteroatoms. The number of nitriles is 2. The Morgan fingerprint density at radius 1 is 1.18 bits per heavy atom. The van der Waals surface area contributed by atoms with E-state index < -0.39 is 0 Å². The predicted octanol–water partition coefficient (Wildman–Crippen LogP) is 1.77. The van der Waals surface area contributed by atoms with Gasteiger partial charge >= 0.3 is 0 Å². The summed E-state index contributed by atoms with van der Waals surface area (Å²) >= 11 is 0. The average Bonchev–Trinajstić information content (AvgIpc) is 2.89. The molecule has 5 nitrogen and oxygen atoms in total. The molecule has 0 radical (unpaired) electrons. The van der Waals surface area contributed by atoms with Crippen molar-refractivity contribution in [1.82, 2.24) is 10.2 Å². The first kappa shape index (κ1) is 10.7. The van der Waals surface area contributed by atoms with E-state index in [1.807, 2.05) is 18.2 Å². The Bertz CT molecular complexity index is 586. The van der Waals surface area contributed by atoms with Crippen molar-refractivity contribution in [2.75, 3.05) is 5.32 Å². The van der Waals surface area contributed by atoms with Crippen LogP contribution in [0.15, 0.2) is 30.5 Å². The van der Waals surface area contributed by atoms with E-state index >= 15 is 0 Å². The maximum Gasteiger partial charge on any atom is 0.101 e. The number of rotatable bonds is 3. The van der Waals surface area contributed by atoms with Crippen molar-refractivity contribution >= 4 is 5.69 Å². The third-order valence-corrected chi connectivity index (χ3v) is 2.30. The second-order valence-electron chi connectivity index (χ2n) is 3.42. The zero-order valence-electron chi connectivity index (χ0n) is 8.94. The highest BCUT2D eigenvalue weighted by atomic mass is 15.1. The van der Waals surface area contributed by atoms with Crippen LogP contribution in [0.3, 0.4) is 0 Å². The van der Waals surface area contributed by atoms with Crippen molar-refractivity contribution in [1.29, 1.82) is 10.5 Å². The molecule has 1 heterocycles. The summed E-state index contributed by atoms with van der Waals surface area (Å²) in [5.41, 5.74) is 2.52. The Morgan fingerprint density at radius 2 is 2.00 bits per heavy atom. The minimum absolute atomic E-state index is 0.377. The molecule has 0 spiro atoms. The van der Waals surface area contributed by atoms with Gasteiger partial charge in [0.25, 0.3) is 0 Å². The number of H-pyrrole nitrogens is 1. The number of aromatic amines is 1. The minimum Gasteiger partial charge on any atom is -0.379 e. The third kappa shape index (κ3) is 2.42. The van der Waals surface area contributed by atoms with Crippen LogP contribution >= 0.6 is 0 Å². The molecule has 0 bridgehead atoms. The van der Waals surface area contributed by atoms with Crippen LogP contribution in [-0.4, -0.2) is 10.2 Å². The summed E-state index contributed by atoms with van der Waals surface area (Å²) < 4.78 is 0. The summed E-state index contributed by atoms with van der Waals surface area (Å²) in [6, 6.07) is 10.9. The lowest BCUT2D eigenvalue weighted by atomic mass is 10.1. The van der Waals surface area contributed by atoms with Gasteiger partial charge in [0.05, 0.1) is 23.4 Å². The molecule has 0 saturated carbocycles. The van der Waals surface area contributed by atoms with Gasteiger partial charge in [-0.3, -0.25) is 5.10 Å². The van der Waals surface area contributed by atoms with Crippen molar-refractivity contribution in [2.45, 2.75) is 6.54 Å². The normalized spacial score (nSPS) is 9.29. The summed E-state index contributed by atoms with van der Waals surface area (Å²) in [7, 11) is 0. The Morgan fingerprint density at radius 3 is 2.65 bits per heavy atom. The Kier molecular flexibility index (Phi) is 3.04. The quantitative estimate of drug-likeness (QED) is 0.829. The zero-order valence-corrected chi connectivity index (χ0v) is 8.94. The molecule has 0 atom stereocenters. The molecule has 17 heavy (non-hydrogen) atoms. The molecule has 1 aromatic heterocycles. The van der Waals surface area contributed by atoms with Crippen LogP contribution < -0.4 is 5.32 Å². The van der Waals surface area contributed by atoms with E-state index in [9.17, 15) is 0 Å². The number of hydrogen-bond acceptors (Lipinski definition) is 4. The van der Waals surface area contributed by atoms with Gasteiger partial charge in [-0.1, -0.05) is 0 Å². The van der Waals surface area contributed by atoms with Crippen molar-refractivity contribution in [3.05, 3.63) is 47.3 Å². The van der Waals surface area contributed by atoms with E-state index in [0.29, 0.717) is 17.7 Å². The van der Waals surface area contributed by atoms with Gasteiger partial charge < -0.3 is 5.32 Å². The molecular formula is C12H9N5. The highest BCUT2D eigenvalue weighted by Gasteiger charge is 2.02. The summed E-state index contributed by atoms with van der Waals surface area (Å²) in [6.07, 6.45) is 1.68. The first-order chi connectivity index (χ1) is 8.33. The van der Waals surface area contributed by atoms with Crippen LogP contribution in [0.4, 0.5) is 5.69 Å². The van der Waals surface area contributed by atoms with E-state index in [4.69, 9.17) is 10.5 Å². The molecule has 2 rings (SSSR count). The molecular weight excluding hydrogens is 214 g/mol. The maximum atomic E-state index is 8.88. The molecule has 0 saturated heterocycles. The van der Waals surface area contributed by atoms with E-state index in [1.54, 1.807) is 24.4 Å². The number of nitrogens with zero attached hydrogens (tertiary/aromatic N) is 3. The Hall–Kier alpha value is -2.79. The second-order valence-corrected chi connectivity index (χ2v) is 3.42. The first-order valence-electron chi connectivity index (χ1n) is 5.00.